The second-order valence-corrected chi connectivity index (χ2v) is 5.21. The minimum atomic E-state index is -4.40. The molecule has 0 saturated heterocycles. The lowest BCUT2D eigenvalue weighted by Crippen LogP contribution is -2.27. The summed E-state index contributed by atoms with van der Waals surface area (Å²) in [6.07, 6.45) is -5.63. The number of alkyl halides is 3. The van der Waals surface area contributed by atoms with Gasteiger partial charge in [-0.25, -0.2) is 13.1 Å². The van der Waals surface area contributed by atoms with Crippen LogP contribution in [-0.2, 0) is 16.6 Å². The van der Waals surface area contributed by atoms with Crippen molar-refractivity contribution < 1.29 is 26.0 Å². The van der Waals surface area contributed by atoms with Gasteiger partial charge in [0.15, 0.2) is 0 Å². The first-order valence-electron chi connectivity index (χ1n) is 5.04. The molecule has 0 aliphatic rings. The maximum atomic E-state index is 11.9. The molecule has 18 heavy (non-hydrogen) atoms. The highest BCUT2D eigenvalue weighted by molar-refractivity contribution is 7.89. The zero-order valence-corrected chi connectivity index (χ0v) is 10.4. The molecule has 1 aromatic heterocycles. The molecule has 5 nitrogen and oxygen atoms in total. The predicted molar refractivity (Wildman–Crippen MR) is 57.3 cm³/mol. The molecule has 1 rings (SSSR count). The number of nitrogens with one attached hydrogen (secondary N) is 2. The van der Waals surface area contributed by atoms with Crippen molar-refractivity contribution in [3.05, 3.63) is 17.9 Å². The smallest absolute Gasteiger partial charge is 0.390 e. The van der Waals surface area contributed by atoms with E-state index < -0.39 is 34.3 Å². The highest BCUT2D eigenvalue weighted by Gasteiger charge is 2.28. The third kappa shape index (κ3) is 4.67. The van der Waals surface area contributed by atoms with Crippen LogP contribution in [0, 0.1) is 0 Å². The first-order chi connectivity index (χ1) is 8.24. The van der Waals surface area contributed by atoms with E-state index in [1.165, 1.54) is 12.1 Å². The molecule has 0 aliphatic carbocycles. The number of halogens is 3. The minimum Gasteiger partial charge on any atom is -0.447 e. The Morgan fingerprint density at radius 1 is 1.33 bits per heavy atom. The summed E-state index contributed by atoms with van der Waals surface area (Å²) in [5.74, 6) is 0.383. The summed E-state index contributed by atoms with van der Waals surface area (Å²) in [7, 11) is -2.37. The van der Waals surface area contributed by atoms with Crippen molar-refractivity contribution in [2.75, 3.05) is 13.6 Å². The second kappa shape index (κ2) is 5.72. The Morgan fingerprint density at radius 3 is 2.56 bits per heavy atom. The molecular formula is C9H13F3N2O3S. The average Bonchev–Trinajstić information content (AvgIpc) is 2.65. The van der Waals surface area contributed by atoms with E-state index in [1.54, 1.807) is 7.05 Å². The van der Waals surface area contributed by atoms with E-state index in [1.807, 2.05) is 4.72 Å². The molecule has 0 atom stereocenters. The summed E-state index contributed by atoms with van der Waals surface area (Å²) >= 11 is 0. The molecular weight excluding hydrogens is 273 g/mol. The van der Waals surface area contributed by atoms with Crippen LogP contribution in [0.3, 0.4) is 0 Å². The van der Waals surface area contributed by atoms with Gasteiger partial charge in [0.2, 0.25) is 5.09 Å². The van der Waals surface area contributed by atoms with Crippen LogP contribution in [-0.4, -0.2) is 28.2 Å². The van der Waals surface area contributed by atoms with Gasteiger partial charge in [0.25, 0.3) is 10.0 Å². The van der Waals surface area contributed by atoms with Crippen molar-refractivity contribution in [3.8, 4) is 0 Å². The first kappa shape index (κ1) is 15.0. The molecule has 0 amide bonds. The molecule has 0 radical (unpaired) electrons. The Morgan fingerprint density at radius 2 is 2.00 bits per heavy atom. The van der Waals surface area contributed by atoms with Gasteiger partial charge >= 0.3 is 6.18 Å². The third-order valence-corrected chi connectivity index (χ3v) is 3.29. The number of furan rings is 1. The number of sulfonamides is 1. The molecule has 2 N–H and O–H groups in total. The Labute approximate surface area is 102 Å². The van der Waals surface area contributed by atoms with Crippen LogP contribution in [0.15, 0.2) is 21.6 Å². The molecule has 0 aliphatic heterocycles. The lowest BCUT2D eigenvalue weighted by molar-refractivity contribution is -0.132. The van der Waals surface area contributed by atoms with Gasteiger partial charge in [-0.2, -0.15) is 13.2 Å². The maximum absolute atomic E-state index is 11.9. The van der Waals surface area contributed by atoms with Crippen LogP contribution in [0.4, 0.5) is 13.2 Å². The van der Waals surface area contributed by atoms with Crippen molar-refractivity contribution in [3.63, 3.8) is 0 Å². The summed E-state index contributed by atoms with van der Waals surface area (Å²) in [4.78, 5) is 0. The van der Waals surface area contributed by atoms with Gasteiger partial charge in [-0.05, 0) is 19.2 Å². The standard InChI is InChI=1S/C9H13F3N2O3S/c1-13-6-7-2-3-8(17-7)18(15,16)14-5-4-9(10,11)12/h2-3,13-14H,4-6H2,1H3. The van der Waals surface area contributed by atoms with Crippen LogP contribution in [0.5, 0.6) is 0 Å². The van der Waals surface area contributed by atoms with Crippen LogP contribution in [0.1, 0.15) is 12.2 Å². The van der Waals surface area contributed by atoms with Crippen molar-refractivity contribution in [1.29, 1.82) is 0 Å². The SMILES string of the molecule is CNCc1ccc(S(=O)(=O)NCCC(F)(F)F)o1. The van der Waals surface area contributed by atoms with Crippen LogP contribution >= 0.6 is 0 Å². The first-order valence-corrected chi connectivity index (χ1v) is 6.52. The van der Waals surface area contributed by atoms with Gasteiger partial charge in [0.05, 0.1) is 13.0 Å². The summed E-state index contributed by atoms with van der Waals surface area (Å²) in [5.41, 5.74) is 0. The average molecular weight is 286 g/mol. The van der Waals surface area contributed by atoms with Crippen LogP contribution in [0.25, 0.3) is 0 Å². The number of hydrogen-bond acceptors (Lipinski definition) is 4. The lowest BCUT2D eigenvalue weighted by Gasteiger charge is -2.06. The largest absolute Gasteiger partial charge is 0.447 e. The van der Waals surface area contributed by atoms with E-state index >= 15 is 0 Å². The van der Waals surface area contributed by atoms with E-state index in [0.717, 1.165) is 0 Å². The summed E-state index contributed by atoms with van der Waals surface area (Å²) in [6, 6.07) is 2.64. The summed E-state index contributed by atoms with van der Waals surface area (Å²) in [5, 5.41) is 2.36. The normalized spacial score (nSPS) is 12.9. The van der Waals surface area contributed by atoms with E-state index in [0.29, 0.717) is 12.3 Å². The van der Waals surface area contributed by atoms with Crippen LogP contribution < -0.4 is 10.0 Å². The van der Waals surface area contributed by atoms with Gasteiger partial charge in [-0.3, -0.25) is 0 Å². The fraction of sp³-hybridized carbons (Fsp3) is 0.556. The van der Waals surface area contributed by atoms with E-state index in [4.69, 9.17) is 4.42 Å². The Hall–Kier alpha value is -1.06. The van der Waals surface area contributed by atoms with Crippen molar-refractivity contribution >= 4 is 10.0 Å². The van der Waals surface area contributed by atoms with Crippen molar-refractivity contribution in [2.24, 2.45) is 0 Å². The zero-order valence-electron chi connectivity index (χ0n) is 9.54. The van der Waals surface area contributed by atoms with Gasteiger partial charge in [0, 0.05) is 6.54 Å². The Balaban J connectivity index is 2.62. The van der Waals surface area contributed by atoms with Crippen LogP contribution in [0.2, 0.25) is 0 Å². The quantitative estimate of drug-likeness (QED) is 0.825. The number of rotatable bonds is 6. The zero-order chi connectivity index (χ0) is 13.8. The molecule has 9 heteroatoms. The third-order valence-electron chi connectivity index (χ3n) is 1.95. The monoisotopic (exact) mass is 286 g/mol. The molecule has 0 aromatic carbocycles. The topological polar surface area (TPSA) is 71.3 Å². The number of hydrogen-bond donors (Lipinski definition) is 2. The summed E-state index contributed by atoms with van der Waals surface area (Å²) < 4.78 is 65.5. The molecule has 1 aromatic rings. The van der Waals surface area contributed by atoms with Crippen molar-refractivity contribution in [2.45, 2.75) is 24.2 Å². The van der Waals surface area contributed by atoms with E-state index in [9.17, 15) is 21.6 Å². The summed E-state index contributed by atoms with van der Waals surface area (Å²) in [6.45, 7) is -0.383. The molecule has 0 spiro atoms. The molecule has 0 unspecified atom stereocenters. The molecule has 0 fully saturated rings. The molecule has 104 valence electrons. The highest BCUT2D eigenvalue weighted by atomic mass is 32.2. The van der Waals surface area contributed by atoms with Gasteiger partial charge < -0.3 is 9.73 Å². The fourth-order valence-electron chi connectivity index (χ4n) is 1.17. The van der Waals surface area contributed by atoms with Gasteiger partial charge in [0.1, 0.15) is 5.76 Å². The van der Waals surface area contributed by atoms with E-state index in [2.05, 4.69) is 5.32 Å². The van der Waals surface area contributed by atoms with Crippen molar-refractivity contribution in [1.82, 2.24) is 10.0 Å². The Kier molecular flexibility index (Phi) is 4.77. The molecule has 0 saturated carbocycles. The maximum Gasteiger partial charge on any atom is 0.390 e. The minimum absolute atomic E-state index is 0.331. The Bertz CT molecular complexity index is 481. The van der Waals surface area contributed by atoms with Gasteiger partial charge in [-0.1, -0.05) is 0 Å². The predicted octanol–water partition coefficient (Wildman–Crippen LogP) is 1.23. The lowest BCUT2D eigenvalue weighted by atomic mass is 10.4. The molecule has 1 heterocycles. The molecule has 0 bridgehead atoms. The second-order valence-electron chi connectivity index (χ2n) is 3.51. The fourth-order valence-corrected chi connectivity index (χ4v) is 2.15. The highest BCUT2D eigenvalue weighted by Crippen LogP contribution is 2.19. The van der Waals surface area contributed by atoms with E-state index in [-0.39, 0.29) is 0 Å². The van der Waals surface area contributed by atoms with Gasteiger partial charge in [-0.15, -0.1) is 0 Å².